The fraction of sp³-hybridized carbons (Fsp3) is 0.318. The highest BCUT2D eigenvalue weighted by molar-refractivity contribution is 5.95. The van der Waals surface area contributed by atoms with E-state index in [4.69, 9.17) is 0 Å². The molecule has 2 aromatic heterocycles. The van der Waals surface area contributed by atoms with Crippen LogP contribution in [-0.2, 0) is 12.0 Å². The first-order valence-electron chi connectivity index (χ1n) is 9.66. The van der Waals surface area contributed by atoms with Crippen molar-refractivity contribution in [3.63, 3.8) is 0 Å². The molecule has 148 valence electrons. The van der Waals surface area contributed by atoms with E-state index in [9.17, 15) is 13.6 Å². The maximum Gasteiger partial charge on any atom is 0.272 e. The maximum atomic E-state index is 13.7. The minimum Gasteiger partial charge on any atom is -0.342 e. The van der Waals surface area contributed by atoms with Gasteiger partial charge in [0.1, 0.15) is 0 Å². The Morgan fingerprint density at radius 1 is 1.24 bits per heavy atom. The fourth-order valence-corrected chi connectivity index (χ4v) is 4.29. The van der Waals surface area contributed by atoms with E-state index in [-0.39, 0.29) is 5.91 Å². The first kappa shape index (κ1) is 18.0. The Morgan fingerprint density at radius 3 is 2.72 bits per heavy atom. The van der Waals surface area contributed by atoms with Crippen LogP contribution in [0.4, 0.5) is 8.78 Å². The summed E-state index contributed by atoms with van der Waals surface area (Å²) in [4.78, 5) is 16.6. The molecule has 2 heterocycles. The second-order valence-corrected chi connectivity index (χ2v) is 8.34. The van der Waals surface area contributed by atoms with E-state index in [0.29, 0.717) is 23.2 Å². The Kier molecular flexibility index (Phi) is 3.84. The summed E-state index contributed by atoms with van der Waals surface area (Å²) in [5.41, 5.74) is 2.90. The molecule has 2 atom stereocenters. The second kappa shape index (κ2) is 6.20. The Morgan fingerprint density at radius 2 is 2.00 bits per heavy atom. The van der Waals surface area contributed by atoms with E-state index < -0.39 is 17.3 Å². The van der Waals surface area contributed by atoms with Gasteiger partial charge in [-0.2, -0.15) is 9.49 Å². The molecule has 1 fully saturated rings. The number of halogens is 2. The molecule has 2 aliphatic carbocycles. The van der Waals surface area contributed by atoms with Gasteiger partial charge in [0.25, 0.3) is 5.91 Å². The van der Waals surface area contributed by atoms with Crippen molar-refractivity contribution < 1.29 is 13.6 Å². The number of fused-ring (bicyclic) bond motifs is 3. The van der Waals surface area contributed by atoms with Crippen molar-refractivity contribution in [3.8, 4) is 5.69 Å². The van der Waals surface area contributed by atoms with Gasteiger partial charge in [-0.25, -0.2) is 14.1 Å². The molecule has 0 aliphatic heterocycles. The van der Waals surface area contributed by atoms with Gasteiger partial charge in [-0.15, -0.1) is 0 Å². The van der Waals surface area contributed by atoms with Crippen molar-refractivity contribution >= 4 is 5.91 Å². The van der Waals surface area contributed by atoms with E-state index in [2.05, 4.69) is 15.4 Å². The Hall–Kier alpha value is -3.09. The smallest absolute Gasteiger partial charge is 0.272 e. The number of nitrogens with one attached hydrogen (secondary N) is 1. The molecule has 0 unspecified atom stereocenters. The van der Waals surface area contributed by atoms with E-state index in [0.717, 1.165) is 35.7 Å². The van der Waals surface area contributed by atoms with Crippen LogP contribution in [0, 0.1) is 17.7 Å². The number of nitrogens with zero attached hydrogens (tertiary/aromatic N) is 3. The van der Waals surface area contributed by atoms with Crippen LogP contribution in [0.2, 0.25) is 0 Å². The monoisotopic (exact) mass is 394 g/mol. The molecular weight excluding hydrogens is 374 g/mol. The summed E-state index contributed by atoms with van der Waals surface area (Å²) in [6, 6.07) is 10.8. The Bertz CT molecular complexity index is 1120. The number of carbonyl (C=O) groups is 1. The molecule has 0 bridgehead atoms. The van der Waals surface area contributed by atoms with Gasteiger partial charge < -0.3 is 5.32 Å². The number of rotatable bonds is 4. The van der Waals surface area contributed by atoms with E-state index in [1.54, 1.807) is 4.68 Å². The molecule has 1 N–H and O–H groups in total. The van der Waals surface area contributed by atoms with E-state index in [1.807, 2.05) is 44.2 Å². The number of benzene rings is 1. The largest absolute Gasteiger partial charge is 0.342 e. The van der Waals surface area contributed by atoms with Crippen LogP contribution in [0.5, 0.6) is 0 Å². The standard InChI is InChI=1S/C22H20F2N4O/c1-22(2,13-6-4-3-5-7-13)26-21(29)18-16-9-12-8-15(12)19(16)28(27-18)14-10-17(23)20(24)25-11-14/h3-7,10-12,15H,8-9H2,1-2H3,(H,26,29)/t12-,15-/m1/s1. The summed E-state index contributed by atoms with van der Waals surface area (Å²) in [5, 5.41) is 7.57. The topological polar surface area (TPSA) is 59.8 Å². The summed E-state index contributed by atoms with van der Waals surface area (Å²) in [7, 11) is 0. The highest BCUT2D eigenvalue weighted by atomic mass is 19.2. The molecule has 1 amide bonds. The van der Waals surface area contributed by atoms with Gasteiger partial charge in [-0.05, 0) is 38.2 Å². The van der Waals surface area contributed by atoms with Crippen LogP contribution >= 0.6 is 0 Å². The third kappa shape index (κ3) is 2.92. The molecule has 3 aromatic rings. The third-order valence-electron chi connectivity index (χ3n) is 5.93. The number of pyridine rings is 1. The molecule has 5 nitrogen and oxygen atoms in total. The fourth-order valence-electron chi connectivity index (χ4n) is 4.29. The van der Waals surface area contributed by atoms with Crippen LogP contribution in [-0.4, -0.2) is 20.7 Å². The van der Waals surface area contributed by atoms with Crippen LogP contribution in [0.25, 0.3) is 5.69 Å². The first-order valence-corrected chi connectivity index (χ1v) is 9.66. The number of carbonyl (C=O) groups excluding carboxylic acids is 1. The van der Waals surface area contributed by atoms with Crippen LogP contribution in [0.1, 0.15) is 53.5 Å². The second-order valence-electron chi connectivity index (χ2n) is 8.34. The highest BCUT2D eigenvalue weighted by Crippen LogP contribution is 2.57. The third-order valence-corrected chi connectivity index (χ3v) is 5.93. The lowest BCUT2D eigenvalue weighted by Crippen LogP contribution is -2.41. The molecule has 0 radical (unpaired) electrons. The van der Waals surface area contributed by atoms with Gasteiger partial charge in [0, 0.05) is 17.5 Å². The lowest BCUT2D eigenvalue weighted by molar-refractivity contribution is 0.0905. The minimum atomic E-state index is -1.15. The summed E-state index contributed by atoms with van der Waals surface area (Å²) in [6.07, 6.45) is 3.06. The average Bonchev–Trinajstić information content (AvgIpc) is 3.19. The van der Waals surface area contributed by atoms with Gasteiger partial charge in [-0.1, -0.05) is 30.3 Å². The summed E-state index contributed by atoms with van der Waals surface area (Å²) < 4.78 is 28.6. The Balaban J connectivity index is 1.52. The van der Waals surface area contributed by atoms with Gasteiger partial charge in [-0.3, -0.25) is 4.79 Å². The zero-order chi connectivity index (χ0) is 20.3. The molecular formula is C22H20F2N4O. The van der Waals surface area contributed by atoms with Crippen molar-refractivity contribution in [2.45, 2.75) is 38.1 Å². The molecule has 29 heavy (non-hydrogen) atoms. The van der Waals surface area contributed by atoms with Crippen molar-refractivity contribution in [2.75, 3.05) is 0 Å². The van der Waals surface area contributed by atoms with Crippen LogP contribution in [0.15, 0.2) is 42.6 Å². The zero-order valence-electron chi connectivity index (χ0n) is 16.1. The van der Waals surface area contributed by atoms with Gasteiger partial charge >= 0.3 is 0 Å². The number of amides is 1. The first-order chi connectivity index (χ1) is 13.8. The number of hydrogen-bond donors (Lipinski definition) is 1. The summed E-state index contributed by atoms with van der Waals surface area (Å²) >= 11 is 0. The normalized spacial score (nSPS) is 19.6. The molecule has 1 saturated carbocycles. The quantitative estimate of drug-likeness (QED) is 0.684. The van der Waals surface area contributed by atoms with Crippen molar-refractivity contribution in [1.29, 1.82) is 0 Å². The van der Waals surface area contributed by atoms with Crippen LogP contribution in [0.3, 0.4) is 0 Å². The lowest BCUT2D eigenvalue weighted by atomic mass is 9.94. The van der Waals surface area contributed by atoms with Crippen molar-refractivity contribution in [3.05, 3.63) is 76.9 Å². The van der Waals surface area contributed by atoms with Crippen molar-refractivity contribution in [2.24, 2.45) is 5.92 Å². The molecule has 2 aliphatic rings. The molecule has 1 aromatic carbocycles. The molecule has 0 spiro atoms. The maximum absolute atomic E-state index is 13.7. The number of hydrogen-bond acceptors (Lipinski definition) is 3. The summed E-state index contributed by atoms with van der Waals surface area (Å²) in [5.74, 6) is -1.64. The lowest BCUT2D eigenvalue weighted by Gasteiger charge is -2.26. The van der Waals surface area contributed by atoms with E-state index >= 15 is 0 Å². The highest BCUT2D eigenvalue weighted by Gasteiger charge is 2.50. The van der Waals surface area contributed by atoms with Crippen molar-refractivity contribution in [1.82, 2.24) is 20.1 Å². The zero-order valence-corrected chi connectivity index (χ0v) is 16.1. The van der Waals surface area contributed by atoms with Gasteiger partial charge in [0.15, 0.2) is 11.5 Å². The van der Waals surface area contributed by atoms with Gasteiger partial charge in [0.05, 0.1) is 23.1 Å². The Labute approximate surface area is 166 Å². The predicted octanol–water partition coefficient (Wildman–Crippen LogP) is 3.87. The SMILES string of the molecule is CC(C)(NC(=O)c1nn(-c2cnc(F)c(F)c2)c2c1C[C@H]1C[C@@H]21)c1ccccc1. The minimum absolute atomic E-state index is 0.273. The molecule has 0 saturated heterocycles. The average molecular weight is 394 g/mol. The predicted molar refractivity (Wildman–Crippen MR) is 103 cm³/mol. The molecule has 5 rings (SSSR count). The van der Waals surface area contributed by atoms with Crippen LogP contribution < -0.4 is 5.32 Å². The molecule has 7 heteroatoms. The number of aromatic nitrogens is 3. The summed E-state index contributed by atoms with van der Waals surface area (Å²) in [6.45, 7) is 3.88. The van der Waals surface area contributed by atoms with Gasteiger partial charge in [0.2, 0.25) is 5.95 Å². The van der Waals surface area contributed by atoms with E-state index in [1.165, 1.54) is 6.20 Å².